The first-order chi connectivity index (χ1) is 13.6. The molecule has 5 rings (SSSR count). The molecule has 0 amide bonds. The minimum Gasteiger partial charge on any atom is -0.323 e. The van der Waals surface area contributed by atoms with Gasteiger partial charge in [-0.3, -0.25) is 5.10 Å². The largest absolute Gasteiger partial charge is 0.323 e. The first kappa shape index (κ1) is 16.9. The van der Waals surface area contributed by atoms with E-state index >= 15 is 0 Å². The van der Waals surface area contributed by atoms with E-state index in [4.69, 9.17) is 9.97 Å². The summed E-state index contributed by atoms with van der Waals surface area (Å²) in [4.78, 5) is 9.83. The van der Waals surface area contributed by atoms with Gasteiger partial charge in [-0.15, -0.1) is 0 Å². The lowest BCUT2D eigenvalue weighted by molar-refractivity contribution is 0.286. The number of anilines is 2. The maximum absolute atomic E-state index is 13.5. The highest BCUT2D eigenvalue weighted by molar-refractivity contribution is 5.90. The van der Waals surface area contributed by atoms with Crippen LogP contribution in [-0.2, 0) is 5.41 Å². The van der Waals surface area contributed by atoms with E-state index in [0.717, 1.165) is 58.9 Å². The van der Waals surface area contributed by atoms with Crippen molar-refractivity contribution >= 4 is 22.5 Å². The van der Waals surface area contributed by atoms with Gasteiger partial charge in [-0.25, -0.2) is 14.4 Å². The SMILES string of the molecule is Cc1cc(Nc2nc(C3(c4ccc(F)cc4)CCC3)nc3ccccc23)n[nH]1. The lowest BCUT2D eigenvalue weighted by atomic mass is 9.64. The molecule has 4 aromatic rings. The van der Waals surface area contributed by atoms with Crippen molar-refractivity contribution in [3.8, 4) is 0 Å². The molecule has 1 saturated carbocycles. The highest BCUT2D eigenvalue weighted by atomic mass is 19.1. The minimum absolute atomic E-state index is 0.228. The normalized spacial score (nSPS) is 15.4. The molecular weight excluding hydrogens is 353 g/mol. The number of aromatic amines is 1. The van der Waals surface area contributed by atoms with E-state index in [9.17, 15) is 4.39 Å². The van der Waals surface area contributed by atoms with Crippen LogP contribution in [0, 0.1) is 12.7 Å². The summed E-state index contributed by atoms with van der Waals surface area (Å²) in [5.41, 5.74) is 2.66. The fraction of sp³-hybridized carbons (Fsp3) is 0.227. The zero-order valence-corrected chi connectivity index (χ0v) is 15.5. The van der Waals surface area contributed by atoms with E-state index in [0.29, 0.717) is 0 Å². The van der Waals surface area contributed by atoms with E-state index < -0.39 is 0 Å². The second kappa shape index (κ2) is 6.41. The van der Waals surface area contributed by atoms with Crippen LogP contribution in [0.5, 0.6) is 0 Å². The van der Waals surface area contributed by atoms with Crippen molar-refractivity contribution in [2.45, 2.75) is 31.6 Å². The zero-order chi connectivity index (χ0) is 19.1. The van der Waals surface area contributed by atoms with Crippen LogP contribution in [0.25, 0.3) is 10.9 Å². The fourth-order valence-corrected chi connectivity index (χ4v) is 3.93. The summed E-state index contributed by atoms with van der Waals surface area (Å²) in [6, 6.07) is 16.7. The van der Waals surface area contributed by atoms with Crippen LogP contribution in [0.1, 0.15) is 36.3 Å². The smallest absolute Gasteiger partial charge is 0.153 e. The third kappa shape index (κ3) is 2.72. The summed E-state index contributed by atoms with van der Waals surface area (Å²) in [6.07, 6.45) is 3.02. The molecule has 6 heteroatoms. The number of H-pyrrole nitrogens is 1. The molecule has 5 nitrogen and oxygen atoms in total. The first-order valence-corrected chi connectivity index (χ1v) is 9.46. The Hall–Kier alpha value is -3.28. The highest BCUT2D eigenvalue weighted by Gasteiger charge is 2.43. The van der Waals surface area contributed by atoms with Gasteiger partial charge in [-0.05, 0) is 49.6 Å². The molecule has 0 radical (unpaired) electrons. The maximum atomic E-state index is 13.5. The van der Waals surface area contributed by atoms with Gasteiger partial charge in [-0.1, -0.05) is 30.7 Å². The molecule has 2 N–H and O–H groups in total. The lowest BCUT2D eigenvalue weighted by Crippen LogP contribution is -2.37. The summed E-state index contributed by atoms with van der Waals surface area (Å²) < 4.78 is 13.5. The number of aryl methyl sites for hydroxylation is 1. The van der Waals surface area contributed by atoms with Gasteiger partial charge in [0.05, 0.1) is 10.9 Å². The lowest BCUT2D eigenvalue weighted by Gasteiger charge is -2.41. The predicted molar refractivity (Wildman–Crippen MR) is 107 cm³/mol. The number of nitrogens with one attached hydrogen (secondary N) is 2. The number of halogens is 1. The van der Waals surface area contributed by atoms with Crippen molar-refractivity contribution in [2.75, 3.05) is 5.32 Å². The van der Waals surface area contributed by atoms with Crippen LogP contribution in [-0.4, -0.2) is 20.2 Å². The van der Waals surface area contributed by atoms with Crippen molar-refractivity contribution in [3.05, 3.63) is 77.5 Å². The molecule has 2 aromatic heterocycles. The van der Waals surface area contributed by atoms with E-state index in [1.165, 1.54) is 12.1 Å². The third-order valence-corrected chi connectivity index (χ3v) is 5.59. The Morgan fingerprint density at radius 1 is 1.04 bits per heavy atom. The van der Waals surface area contributed by atoms with Crippen LogP contribution in [0.3, 0.4) is 0 Å². The Kier molecular flexibility index (Phi) is 3.86. The van der Waals surface area contributed by atoms with Gasteiger partial charge in [0.25, 0.3) is 0 Å². The standard InChI is InChI=1S/C22H20FN5/c1-14-13-19(28-27-14)25-20-17-5-2-3-6-18(17)24-21(26-20)22(11-4-12-22)15-7-9-16(23)10-8-15/h2-3,5-10,13H,4,11-12H2,1H3,(H2,24,25,26,27,28). The molecule has 2 heterocycles. The minimum atomic E-state index is -0.268. The monoisotopic (exact) mass is 373 g/mol. The number of para-hydroxylation sites is 1. The van der Waals surface area contributed by atoms with E-state index in [1.807, 2.05) is 49.4 Å². The Bertz CT molecular complexity index is 1150. The molecule has 0 atom stereocenters. The average Bonchev–Trinajstić information content (AvgIpc) is 3.07. The zero-order valence-electron chi connectivity index (χ0n) is 15.5. The van der Waals surface area contributed by atoms with Gasteiger partial charge in [0.1, 0.15) is 17.5 Å². The number of nitrogens with zero attached hydrogens (tertiary/aromatic N) is 3. The molecule has 140 valence electrons. The predicted octanol–water partition coefficient (Wildman–Crippen LogP) is 5.01. The topological polar surface area (TPSA) is 66.5 Å². The van der Waals surface area contributed by atoms with Crippen LogP contribution in [0.2, 0.25) is 0 Å². The number of aromatic nitrogens is 4. The average molecular weight is 373 g/mol. The molecule has 0 saturated heterocycles. The Morgan fingerprint density at radius 2 is 1.82 bits per heavy atom. The van der Waals surface area contributed by atoms with Crippen molar-refractivity contribution < 1.29 is 4.39 Å². The molecule has 0 spiro atoms. The van der Waals surface area contributed by atoms with E-state index in [2.05, 4.69) is 15.5 Å². The quantitative estimate of drug-likeness (QED) is 0.527. The molecule has 1 fully saturated rings. The summed E-state index contributed by atoms with van der Waals surface area (Å²) >= 11 is 0. The Labute approximate surface area is 162 Å². The van der Waals surface area contributed by atoms with Crippen molar-refractivity contribution in [3.63, 3.8) is 0 Å². The van der Waals surface area contributed by atoms with Gasteiger partial charge in [-0.2, -0.15) is 5.10 Å². The molecule has 28 heavy (non-hydrogen) atoms. The van der Waals surface area contributed by atoms with Gasteiger partial charge in [0, 0.05) is 17.1 Å². The fourth-order valence-electron chi connectivity index (χ4n) is 3.93. The van der Waals surface area contributed by atoms with Crippen molar-refractivity contribution in [1.29, 1.82) is 0 Å². The molecule has 0 aliphatic heterocycles. The highest BCUT2D eigenvalue weighted by Crippen LogP contribution is 2.48. The summed E-state index contributed by atoms with van der Waals surface area (Å²) in [7, 11) is 0. The first-order valence-electron chi connectivity index (χ1n) is 9.46. The molecule has 2 aromatic carbocycles. The molecule has 0 unspecified atom stereocenters. The molecular formula is C22H20FN5. The number of hydrogen-bond acceptors (Lipinski definition) is 4. The number of fused-ring (bicyclic) bond motifs is 1. The number of hydrogen-bond donors (Lipinski definition) is 2. The van der Waals surface area contributed by atoms with Gasteiger partial charge in [0.15, 0.2) is 5.82 Å². The number of rotatable bonds is 4. The van der Waals surface area contributed by atoms with E-state index in [1.54, 1.807) is 0 Å². The van der Waals surface area contributed by atoms with Crippen molar-refractivity contribution in [1.82, 2.24) is 20.2 Å². The van der Waals surface area contributed by atoms with Gasteiger partial charge < -0.3 is 5.32 Å². The Balaban J connectivity index is 1.66. The summed E-state index contributed by atoms with van der Waals surface area (Å²) in [5.74, 6) is 2.00. The maximum Gasteiger partial charge on any atom is 0.153 e. The molecule has 1 aliphatic rings. The summed E-state index contributed by atoms with van der Waals surface area (Å²) in [6.45, 7) is 1.96. The summed E-state index contributed by atoms with van der Waals surface area (Å²) in [5, 5.41) is 11.5. The van der Waals surface area contributed by atoms with Crippen molar-refractivity contribution in [2.24, 2.45) is 0 Å². The Morgan fingerprint density at radius 3 is 2.50 bits per heavy atom. The number of benzene rings is 2. The third-order valence-electron chi connectivity index (χ3n) is 5.59. The van der Waals surface area contributed by atoms with Crippen LogP contribution in [0.15, 0.2) is 54.6 Å². The van der Waals surface area contributed by atoms with Crippen LogP contribution >= 0.6 is 0 Å². The van der Waals surface area contributed by atoms with E-state index in [-0.39, 0.29) is 11.2 Å². The van der Waals surface area contributed by atoms with Gasteiger partial charge in [0.2, 0.25) is 0 Å². The van der Waals surface area contributed by atoms with Crippen LogP contribution in [0.4, 0.5) is 16.0 Å². The molecule has 0 bridgehead atoms. The molecule has 1 aliphatic carbocycles. The van der Waals surface area contributed by atoms with Crippen LogP contribution < -0.4 is 5.32 Å². The second-order valence-electron chi connectivity index (χ2n) is 7.42. The van der Waals surface area contributed by atoms with Gasteiger partial charge >= 0.3 is 0 Å². The second-order valence-corrected chi connectivity index (χ2v) is 7.42.